The maximum atomic E-state index is 6.08. The number of furan rings is 1. The Bertz CT molecular complexity index is 798. The lowest BCUT2D eigenvalue weighted by molar-refractivity contribution is 0.0551. The second kappa shape index (κ2) is 6.10. The van der Waals surface area contributed by atoms with Gasteiger partial charge < -0.3 is 4.42 Å². The van der Waals surface area contributed by atoms with Gasteiger partial charge in [-0.2, -0.15) is 0 Å². The summed E-state index contributed by atoms with van der Waals surface area (Å²) in [6.07, 6.45) is 4.54. The van der Waals surface area contributed by atoms with Gasteiger partial charge in [-0.25, -0.2) is 0 Å². The Kier molecular flexibility index (Phi) is 4.24. The van der Waals surface area contributed by atoms with Crippen molar-refractivity contribution < 1.29 is 4.42 Å². The molecule has 26 heavy (non-hydrogen) atoms. The van der Waals surface area contributed by atoms with Crippen LogP contribution in [-0.2, 0) is 18.5 Å². The lowest BCUT2D eigenvalue weighted by Crippen LogP contribution is -2.50. The van der Waals surface area contributed by atoms with Gasteiger partial charge in [0.2, 0.25) is 0 Å². The number of hydrogen-bond donors (Lipinski definition) is 0. The molecule has 3 nitrogen and oxygen atoms in total. The quantitative estimate of drug-likeness (QED) is 0.692. The van der Waals surface area contributed by atoms with Crippen molar-refractivity contribution in [1.82, 2.24) is 9.80 Å². The number of nitrogens with zero attached hydrogens (tertiary/aromatic N) is 2. The van der Waals surface area contributed by atoms with E-state index in [4.69, 9.17) is 4.42 Å². The highest BCUT2D eigenvalue weighted by molar-refractivity contribution is 5.86. The highest BCUT2D eigenvalue weighted by Crippen LogP contribution is 2.38. The topological polar surface area (TPSA) is 19.6 Å². The van der Waals surface area contributed by atoms with Crippen LogP contribution in [0.25, 0.3) is 11.0 Å². The zero-order chi connectivity index (χ0) is 18.7. The molecule has 2 aromatic rings. The summed E-state index contributed by atoms with van der Waals surface area (Å²) < 4.78 is 6.08. The maximum Gasteiger partial charge on any atom is 0.138 e. The van der Waals surface area contributed by atoms with E-state index in [-0.39, 0.29) is 5.41 Å². The molecule has 3 heteroatoms. The Morgan fingerprint density at radius 1 is 0.962 bits per heavy atom. The fourth-order valence-electron chi connectivity index (χ4n) is 4.74. The van der Waals surface area contributed by atoms with E-state index in [1.54, 1.807) is 0 Å². The number of likely N-dealkylation sites (tertiary alicyclic amines) is 1. The van der Waals surface area contributed by atoms with Gasteiger partial charge in [-0.1, -0.05) is 32.9 Å². The summed E-state index contributed by atoms with van der Waals surface area (Å²) in [6, 6.07) is 5.32. The third-order valence-corrected chi connectivity index (χ3v) is 6.41. The van der Waals surface area contributed by atoms with E-state index >= 15 is 0 Å². The van der Waals surface area contributed by atoms with E-state index in [0.29, 0.717) is 11.6 Å². The van der Waals surface area contributed by atoms with Gasteiger partial charge in [-0.15, -0.1) is 0 Å². The van der Waals surface area contributed by atoms with Crippen LogP contribution in [0.2, 0.25) is 0 Å². The highest BCUT2D eigenvalue weighted by Gasteiger charge is 2.33. The molecule has 2 aliphatic heterocycles. The van der Waals surface area contributed by atoms with Gasteiger partial charge in [-0.05, 0) is 44.6 Å². The average molecular weight is 355 g/mol. The van der Waals surface area contributed by atoms with E-state index in [9.17, 15) is 0 Å². The highest BCUT2D eigenvalue weighted by atomic mass is 16.3. The van der Waals surface area contributed by atoms with Crippen LogP contribution in [0.3, 0.4) is 0 Å². The zero-order valence-corrected chi connectivity index (χ0v) is 17.4. The molecule has 0 bridgehead atoms. The van der Waals surface area contributed by atoms with Gasteiger partial charge in [0.15, 0.2) is 0 Å². The first-order chi connectivity index (χ1) is 12.1. The normalized spacial score (nSPS) is 20.8. The van der Waals surface area contributed by atoms with Crippen molar-refractivity contribution in [3.05, 3.63) is 35.1 Å². The molecule has 2 aliphatic rings. The number of piperidine rings is 1. The summed E-state index contributed by atoms with van der Waals surface area (Å²) in [7, 11) is 0. The minimum Gasteiger partial charge on any atom is -0.464 e. The smallest absolute Gasteiger partial charge is 0.138 e. The largest absolute Gasteiger partial charge is 0.464 e. The Hall–Kier alpha value is -1.32. The molecule has 0 unspecified atom stereocenters. The summed E-state index contributed by atoms with van der Waals surface area (Å²) in [5, 5.41) is 1.31. The predicted octanol–water partition coefficient (Wildman–Crippen LogP) is 5.31. The van der Waals surface area contributed by atoms with Crippen LogP contribution in [0, 0.1) is 0 Å². The van der Waals surface area contributed by atoms with Crippen molar-refractivity contribution in [1.29, 1.82) is 0 Å². The van der Waals surface area contributed by atoms with Crippen LogP contribution in [0.1, 0.15) is 71.1 Å². The molecule has 0 atom stereocenters. The molecule has 1 aromatic heterocycles. The number of rotatable bonds is 1. The Morgan fingerprint density at radius 2 is 1.65 bits per heavy atom. The first-order valence-electron chi connectivity index (χ1n) is 10.2. The van der Waals surface area contributed by atoms with Crippen LogP contribution in [0.4, 0.5) is 0 Å². The molecule has 1 fully saturated rings. The van der Waals surface area contributed by atoms with Gasteiger partial charge >= 0.3 is 0 Å². The molecule has 0 radical (unpaired) electrons. The number of fused-ring (bicyclic) bond motifs is 3. The molecule has 0 saturated carbocycles. The van der Waals surface area contributed by atoms with Gasteiger partial charge in [0.25, 0.3) is 0 Å². The molecular weight excluding hydrogens is 320 g/mol. The minimum atomic E-state index is 0.123. The second-order valence-electron chi connectivity index (χ2n) is 10.3. The van der Waals surface area contributed by atoms with Crippen molar-refractivity contribution >= 4 is 11.0 Å². The summed E-state index contributed by atoms with van der Waals surface area (Å²) >= 11 is 0. The molecule has 0 amide bonds. The maximum absolute atomic E-state index is 6.08. The van der Waals surface area contributed by atoms with Crippen molar-refractivity contribution in [2.24, 2.45) is 0 Å². The monoisotopic (exact) mass is 354 g/mol. The third-order valence-electron chi connectivity index (χ3n) is 6.41. The van der Waals surface area contributed by atoms with Crippen molar-refractivity contribution in [2.75, 3.05) is 13.1 Å². The lowest BCUT2D eigenvalue weighted by atomic mass is 9.86. The molecule has 0 N–H and O–H groups in total. The van der Waals surface area contributed by atoms with E-state index in [0.717, 1.165) is 18.7 Å². The summed E-state index contributed by atoms with van der Waals surface area (Å²) in [6.45, 7) is 18.3. The molecule has 1 aromatic carbocycles. The molecule has 142 valence electrons. The van der Waals surface area contributed by atoms with Crippen molar-refractivity contribution in [3.8, 4) is 0 Å². The third kappa shape index (κ3) is 3.10. The predicted molar refractivity (Wildman–Crippen MR) is 109 cm³/mol. The fraction of sp³-hybridized carbons (Fsp3) is 0.652. The van der Waals surface area contributed by atoms with E-state index in [1.807, 2.05) is 6.26 Å². The Morgan fingerprint density at radius 3 is 2.27 bits per heavy atom. The summed E-state index contributed by atoms with van der Waals surface area (Å²) in [5.74, 6) is 0. The van der Waals surface area contributed by atoms with Crippen LogP contribution in [0.15, 0.2) is 22.8 Å². The molecule has 1 saturated heterocycles. The summed E-state index contributed by atoms with van der Waals surface area (Å²) in [4.78, 5) is 5.32. The van der Waals surface area contributed by atoms with E-state index in [2.05, 4.69) is 63.5 Å². The lowest BCUT2D eigenvalue weighted by Gasteiger charge is -2.43. The first-order valence-corrected chi connectivity index (χ1v) is 10.2. The summed E-state index contributed by atoms with van der Waals surface area (Å²) in [5.41, 5.74) is 5.76. The van der Waals surface area contributed by atoms with E-state index in [1.165, 1.54) is 48.0 Å². The van der Waals surface area contributed by atoms with Crippen molar-refractivity contribution in [2.45, 2.75) is 84.5 Å². The van der Waals surface area contributed by atoms with Gasteiger partial charge in [-0.3, -0.25) is 9.80 Å². The van der Waals surface area contributed by atoms with Crippen LogP contribution >= 0.6 is 0 Å². The second-order valence-corrected chi connectivity index (χ2v) is 10.3. The molecule has 4 rings (SSSR count). The Labute approximate surface area is 158 Å². The van der Waals surface area contributed by atoms with Gasteiger partial charge in [0, 0.05) is 54.3 Å². The molecule has 0 spiro atoms. The fourth-order valence-corrected chi connectivity index (χ4v) is 4.74. The Balaban J connectivity index is 1.53. The molecule has 3 heterocycles. The van der Waals surface area contributed by atoms with Crippen LogP contribution in [-0.4, -0.2) is 34.5 Å². The zero-order valence-electron chi connectivity index (χ0n) is 17.4. The van der Waals surface area contributed by atoms with Crippen LogP contribution < -0.4 is 0 Å². The number of hydrogen-bond acceptors (Lipinski definition) is 3. The molecule has 0 aliphatic carbocycles. The SMILES string of the molecule is CC(C)(C)c1coc2c3c(ccc12)CN(C1CCN(C(C)(C)C)CC1)C3. The van der Waals surface area contributed by atoms with Gasteiger partial charge in [0.1, 0.15) is 5.58 Å². The standard InChI is InChI=1S/C23H34N2O/c1-22(2,3)20-15-26-21-18(20)8-7-16-13-24(14-19(16)21)17-9-11-25(12-10-17)23(4,5)6/h7-8,15,17H,9-14H2,1-6H3. The van der Waals surface area contributed by atoms with Gasteiger partial charge in [0.05, 0.1) is 6.26 Å². The van der Waals surface area contributed by atoms with Crippen molar-refractivity contribution in [3.63, 3.8) is 0 Å². The molecular formula is C23H34N2O. The minimum absolute atomic E-state index is 0.123. The average Bonchev–Trinajstić information content (AvgIpc) is 3.17. The number of benzene rings is 1. The van der Waals surface area contributed by atoms with E-state index < -0.39 is 0 Å². The first kappa shape index (κ1) is 18.1. The van der Waals surface area contributed by atoms with Crippen LogP contribution in [0.5, 0.6) is 0 Å².